The molecule has 2 atom stereocenters. The van der Waals surface area contributed by atoms with Gasteiger partial charge in [-0.2, -0.15) is 0 Å². The molecule has 0 unspecified atom stereocenters. The zero-order chi connectivity index (χ0) is 21.5. The third kappa shape index (κ3) is 4.24. The van der Waals surface area contributed by atoms with Crippen molar-refractivity contribution in [2.75, 3.05) is 6.54 Å². The van der Waals surface area contributed by atoms with Crippen LogP contribution in [0.3, 0.4) is 0 Å². The third-order valence-corrected chi connectivity index (χ3v) is 5.98. The average molecular weight is 427 g/mol. The molecular formula is C22H26N4O3S. The van der Waals surface area contributed by atoms with Gasteiger partial charge in [0.1, 0.15) is 11.4 Å². The van der Waals surface area contributed by atoms with E-state index in [0.29, 0.717) is 12.2 Å². The summed E-state index contributed by atoms with van der Waals surface area (Å²) in [7, 11) is 0. The second kappa shape index (κ2) is 7.85. The molecule has 1 aliphatic rings. The Bertz CT molecular complexity index is 1050. The standard InChI is InChI=1S/C22H26N4O3S/c1-13-19(30-12-24-13)15-7-5-6-14(8-15)17-10-23-20(25-17)18-9-16(27)11-26(18)21(28)29-22(2,3)4/h5-8,10,12,16,18,27H,9,11H2,1-4H3,(H,23,25)/t16-,18+/m1/s1. The molecule has 2 N–H and O–H groups in total. The van der Waals surface area contributed by atoms with Gasteiger partial charge >= 0.3 is 6.09 Å². The number of H-pyrrole nitrogens is 1. The van der Waals surface area contributed by atoms with Crippen LogP contribution >= 0.6 is 11.3 Å². The van der Waals surface area contributed by atoms with E-state index in [1.807, 2.05) is 45.3 Å². The van der Waals surface area contributed by atoms with Crippen molar-refractivity contribution in [1.82, 2.24) is 19.9 Å². The van der Waals surface area contributed by atoms with E-state index in [9.17, 15) is 9.90 Å². The van der Waals surface area contributed by atoms with E-state index in [4.69, 9.17) is 4.74 Å². The first-order valence-electron chi connectivity index (χ1n) is 9.95. The molecule has 7 nitrogen and oxygen atoms in total. The van der Waals surface area contributed by atoms with Crippen LogP contribution in [0.1, 0.15) is 44.8 Å². The van der Waals surface area contributed by atoms with Crippen LogP contribution in [-0.4, -0.2) is 49.3 Å². The number of amides is 1. The highest BCUT2D eigenvalue weighted by atomic mass is 32.1. The number of hydrogen-bond acceptors (Lipinski definition) is 6. The number of aliphatic hydroxyl groups is 1. The summed E-state index contributed by atoms with van der Waals surface area (Å²) < 4.78 is 5.51. The normalized spacial score (nSPS) is 19.3. The van der Waals surface area contributed by atoms with Crippen molar-refractivity contribution in [3.05, 3.63) is 47.5 Å². The number of carbonyl (C=O) groups is 1. The molecular weight excluding hydrogens is 400 g/mol. The van der Waals surface area contributed by atoms with Crippen molar-refractivity contribution < 1.29 is 14.6 Å². The lowest BCUT2D eigenvalue weighted by molar-refractivity contribution is 0.0201. The van der Waals surface area contributed by atoms with Gasteiger partial charge < -0.3 is 14.8 Å². The number of thiazole rings is 1. The zero-order valence-electron chi connectivity index (χ0n) is 17.5. The number of aliphatic hydroxyl groups excluding tert-OH is 1. The maximum Gasteiger partial charge on any atom is 0.411 e. The van der Waals surface area contributed by atoms with E-state index < -0.39 is 17.8 Å². The topological polar surface area (TPSA) is 91.3 Å². The number of nitrogens with zero attached hydrogens (tertiary/aromatic N) is 3. The molecule has 0 radical (unpaired) electrons. The van der Waals surface area contributed by atoms with E-state index in [1.165, 1.54) is 0 Å². The predicted molar refractivity (Wildman–Crippen MR) is 116 cm³/mol. The Labute approximate surface area is 179 Å². The number of aromatic amines is 1. The summed E-state index contributed by atoms with van der Waals surface area (Å²) in [5.74, 6) is 0.645. The van der Waals surface area contributed by atoms with Gasteiger partial charge in [0.2, 0.25) is 0 Å². The van der Waals surface area contributed by atoms with Crippen molar-refractivity contribution in [3.63, 3.8) is 0 Å². The molecule has 0 spiro atoms. The Hall–Kier alpha value is -2.71. The average Bonchev–Trinajstić information content (AvgIpc) is 3.39. The molecule has 0 bridgehead atoms. The Morgan fingerprint density at radius 1 is 1.30 bits per heavy atom. The molecule has 4 rings (SSSR count). The van der Waals surface area contributed by atoms with Gasteiger partial charge in [0, 0.05) is 12.0 Å². The predicted octanol–water partition coefficient (Wildman–Crippen LogP) is 4.55. The number of likely N-dealkylation sites (tertiary alicyclic amines) is 1. The molecule has 1 saturated heterocycles. The maximum absolute atomic E-state index is 12.6. The number of β-amino-alcohol motifs (C(OH)–C–C–N with tert-alkyl or cyclic N) is 1. The summed E-state index contributed by atoms with van der Waals surface area (Å²) in [5.41, 5.74) is 5.23. The fraction of sp³-hybridized carbons (Fsp3) is 0.409. The van der Waals surface area contributed by atoms with Crippen LogP contribution in [0.15, 0.2) is 36.0 Å². The molecule has 1 aromatic carbocycles. The quantitative estimate of drug-likeness (QED) is 0.641. The summed E-state index contributed by atoms with van der Waals surface area (Å²) in [6.07, 6.45) is 1.15. The van der Waals surface area contributed by atoms with Gasteiger partial charge in [-0.25, -0.2) is 14.8 Å². The van der Waals surface area contributed by atoms with Crippen molar-refractivity contribution in [1.29, 1.82) is 0 Å². The van der Waals surface area contributed by atoms with Crippen molar-refractivity contribution in [3.8, 4) is 21.7 Å². The Morgan fingerprint density at radius 3 is 2.77 bits per heavy atom. The monoisotopic (exact) mass is 426 g/mol. The van der Waals surface area contributed by atoms with Gasteiger partial charge in [0.05, 0.1) is 46.7 Å². The van der Waals surface area contributed by atoms with E-state index in [2.05, 4.69) is 27.1 Å². The van der Waals surface area contributed by atoms with Crippen LogP contribution in [-0.2, 0) is 4.74 Å². The number of rotatable bonds is 3. The Balaban J connectivity index is 1.59. The van der Waals surface area contributed by atoms with Crippen LogP contribution in [0.5, 0.6) is 0 Å². The molecule has 2 aromatic heterocycles. The number of ether oxygens (including phenoxy) is 1. The summed E-state index contributed by atoms with van der Waals surface area (Å²) in [4.78, 5) is 27.5. The number of nitrogens with one attached hydrogen (secondary N) is 1. The highest BCUT2D eigenvalue weighted by molar-refractivity contribution is 7.13. The minimum Gasteiger partial charge on any atom is -0.444 e. The molecule has 3 aromatic rings. The van der Waals surface area contributed by atoms with Crippen LogP contribution in [0.4, 0.5) is 4.79 Å². The van der Waals surface area contributed by atoms with Crippen LogP contribution in [0.2, 0.25) is 0 Å². The van der Waals surface area contributed by atoms with Crippen LogP contribution in [0.25, 0.3) is 21.7 Å². The summed E-state index contributed by atoms with van der Waals surface area (Å²) in [6.45, 7) is 7.72. The molecule has 3 heterocycles. The van der Waals surface area contributed by atoms with Crippen LogP contribution in [0, 0.1) is 6.92 Å². The van der Waals surface area contributed by atoms with Gasteiger partial charge in [0.25, 0.3) is 0 Å². The van der Waals surface area contributed by atoms with E-state index in [0.717, 1.165) is 27.4 Å². The second-order valence-corrected chi connectivity index (χ2v) is 9.42. The van der Waals surface area contributed by atoms with Crippen molar-refractivity contribution >= 4 is 17.4 Å². The fourth-order valence-electron chi connectivity index (χ4n) is 3.65. The molecule has 30 heavy (non-hydrogen) atoms. The molecule has 8 heteroatoms. The minimum atomic E-state index is -0.603. The van der Waals surface area contributed by atoms with Crippen molar-refractivity contribution in [2.24, 2.45) is 0 Å². The number of aryl methyl sites for hydroxylation is 1. The smallest absolute Gasteiger partial charge is 0.411 e. The summed E-state index contributed by atoms with van der Waals surface area (Å²) >= 11 is 1.62. The Morgan fingerprint density at radius 2 is 2.07 bits per heavy atom. The first kappa shape index (κ1) is 20.6. The maximum atomic E-state index is 12.6. The highest BCUT2D eigenvalue weighted by Gasteiger charge is 2.39. The van der Waals surface area contributed by atoms with E-state index in [-0.39, 0.29) is 12.6 Å². The lowest BCUT2D eigenvalue weighted by Crippen LogP contribution is -2.37. The second-order valence-electron chi connectivity index (χ2n) is 8.57. The zero-order valence-corrected chi connectivity index (χ0v) is 18.4. The third-order valence-electron chi connectivity index (χ3n) is 5.00. The fourth-order valence-corrected chi connectivity index (χ4v) is 4.46. The SMILES string of the molecule is Cc1ncsc1-c1cccc(-c2cnc([C@@H]3C[C@@H](O)CN3C(=O)OC(C)(C)C)[nH]2)c1. The summed E-state index contributed by atoms with van der Waals surface area (Å²) in [5, 5.41) is 10.2. The lowest BCUT2D eigenvalue weighted by atomic mass is 10.1. The van der Waals surface area contributed by atoms with E-state index >= 15 is 0 Å². The molecule has 0 saturated carbocycles. The summed E-state index contributed by atoms with van der Waals surface area (Å²) in [6, 6.07) is 7.85. The largest absolute Gasteiger partial charge is 0.444 e. The Kier molecular flexibility index (Phi) is 5.38. The molecule has 1 amide bonds. The number of carbonyl (C=O) groups excluding carboxylic acids is 1. The number of aromatic nitrogens is 3. The van der Waals surface area contributed by atoms with Gasteiger partial charge in [-0.05, 0) is 39.3 Å². The first-order valence-corrected chi connectivity index (χ1v) is 10.8. The molecule has 1 aliphatic heterocycles. The van der Waals surface area contributed by atoms with E-state index in [1.54, 1.807) is 22.4 Å². The lowest BCUT2D eigenvalue weighted by Gasteiger charge is -2.27. The van der Waals surface area contributed by atoms with Gasteiger partial charge in [-0.1, -0.05) is 18.2 Å². The number of hydrogen-bond donors (Lipinski definition) is 2. The minimum absolute atomic E-state index is 0.232. The highest BCUT2D eigenvalue weighted by Crippen LogP contribution is 2.34. The van der Waals surface area contributed by atoms with Gasteiger partial charge in [-0.15, -0.1) is 11.3 Å². The molecule has 1 fully saturated rings. The van der Waals surface area contributed by atoms with Crippen molar-refractivity contribution in [2.45, 2.75) is 51.9 Å². The van der Waals surface area contributed by atoms with Crippen LogP contribution < -0.4 is 0 Å². The number of benzene rings is 1. The van der Waals surface area contributed by atoms with Gasteiger partial charge in [-0.3, -0.25) is 4.90 Å². The first-order chi connectivity index (χ1) is 14.2. The van der Waals surface area contributed by atoms with Gasteiger partial charge in [0.15, 0.2) is 0 Å². The number of imidazole rings is 1. The molecule has 0 aliphatic carbocycles. The molecule has 158 valence electrons.